The largest absolute Gasteiger partial charge is 0.480 e. The first kappa shape index (κ1) is 21.5. The third kappa shape index (κ3) is 4.36. The number of carbonyl (C=O) groups is 2. The smallest absolute Gasteiger partial charge is 0.434 e. The molecule has 0 bridgehead atoms. The van der Waals surface area contributed by atoms with E-state index in [4.69, 9.17) is 9.47 Å². The standard InChI is InChI=1S/C18H20F3N5O4/c1-3-30-17(28)11-6-8-25(9-7-11)16(27)12-10-22-26(15(12)18(19,20)21)13-4-5-14(29-2)24-23-13/h4-5,10-11H,3,6-9H2,1-2H3. The summed E-state index contributed by atoms with van der Waals surface area (Å²) in [5.74, 6) is -1.61. The first-order valence-corrected chi connectivity index (χ1v) is 9.25. The summed E-state index contributed by atoms with van der Waals surface area (Å²) in [5, 5.41) is 11.0. The summed E-state index contributed by atoms with van der Waals surface area (Å²) in [6.07, 6.45) is -3.34. The van der Waals surface area contributed by atoms with Gasteiger partial charge < -0.3 is 14.4 Å². The van der Waals surface area contributed by atoms with Gasteiger partial charge in [0.15, 0.2) is 11.5 Å². The zero-order chi connectivity index (χ0) is 21.9. The molecule has 30 heavy (non-hydrogen) atoms. The molecule has 9 nitrogen and oxygen atoms in total. The van der Waals surface area contributed by atoms with E-state index in [9.17, 15) is 22.8 Å². The number of carbonyl (C=O) groups excluding carboxylic acids is 2. The van der Waals surface area contributed by atoms with E-state index >= 15 is 0 Å². The van der Waals surface area contributed by atoms with E-state index in [1.165, 1.54) is 24.1 Å². The maximum absolute atomic E-state index is 13.8. The Bertz CT molecular complexity index is 906. The Morgan fingerprint density at radius 2 is 1.90 bits per heavy atom. The van der Waals surface area contributed by atoms with E-state index in [0.29, 0.717) is 17.5 Å². The van der Waals surface area contributed by atoms with Gasteiger partial charge in [0.05, 0.1) is 31.4 Å². The molecule has 12 heteroatoms. The first-order chi connectivity index (χ1) is 14.3. The molecule has 0 aromatic carbocycles. The fraction of sp³-hybridized carbons (Fsp3) is 0.500. The first-order valence-electron chi connectivity index (χ1n) is 9.25. The number of rotatable bonds is 5. The maximum Gasteiger partial charge on any atom is 0.434 e. The summed E-state index contributed by atoms with van der Waals surface area (Å²) in [6.45, 7) is 2.24. The third-order valence-electron chi connectivity index (χ3n) is 4.72. The second-order valence-corrected chi connectivity index (χ2v) is 6.57. The van der Waals surface area contributed by atoms with Gasteiger partial charge in [-0.3, -0.25) is 9.59 Å². The van der Waals surface area contributed by atoms with Crippen molar-refractivity contribution in [2.75, 3.05) is 26.8 Å². The van der Waals surface area contributed by atoms with Gasteiger partial charge in [-0.15, -0.1) is 10.2 Å². The van der Waals surface area contributed by atoms with Crippen LogP contribution < -0.4 is 4.74 Å². The molecule has 0 unspecified atom stereocenters. The van der Waals surface area contributed by atoms with Crippen molar-refractivity contribution in [3.8, 4) is 11.7 Å². The predicted octanol–water partition coefficient (Wildman–Crippen LogP) is 2.10. The maximum atomic E-state index is 13.8. The molecule has 0 radical (unpaired) electrons. The summed E-state index contributed by atoms with van der Waals surface area (Å²) in [5.41, 5.74) is -1.82. The van der Waals surface area contributed by atoms with Gasteiger partial charge in [-0.25, -0.2) is 4.68 Å². The zero-order valence-corrected chi connectivity index (χ0v) is 16.3. The molecule has 0 aliphatic carbocycles. The number of likely N-dealkylation sites (tertiary alicyclic amines) is 1. The molecule has 1 fully saturated rings. The molecule has 3 rings (SSSR count). The number of hydrogen-bond donors (Lipinski definition) is 0. The summed E-state index contributed by atoms with van der Waals surface area (Å²) in [4.78, 5) is 25.9. The molecule has 3 heterocycles. The predicted molar refractivity (Wildman–Crippen MR) is 96.0 cm³/mol. The monoisotopic (exact) mass is 427 g/mol. The molecule has 2 aromatic rings. The number of aromatic nitrogens is 4. The van der Waals surface area contributed by atoms with Crippen LogP contribution in [0, 0.1) is 5.92 Å². The molecular weight excluding hydrogens is 407 g/mol. The molecular formula is C18H20F3N5O4. The van der Waals surface area contributed by atoms with Gasteiger partial charge in [-0.1, -0.05) is 0 Å². The van der Waals surface area contributed by atoms with E-state index in [-0.39, 0.29) is 43.3 Å². The normalized spacial score (nSPS) is 15.2. The molecule has 162 valence electrons. The Balaban J connectivity index is 1.84. The summed E-state index contributed by atoms with van der Waals surface area (Å²) < 4.78 is 51.7. The lowest BCUT2D eigenvalue weighted by atomic mass is 9.96. The van der Waals surface area contributed by atoms with Gasteiger partial charge in [0.2, 0.25) is 5.88 Å². The van der Waals surface area contributed by atoms with Crippen molar-refractivity contribution in [1.29, 1.82) is 0 Å². The molecule has 0 atom stereocenters. The number of esters is 1. The highest BCUT2D eigenvalue weighted by atomic mass is 19.4. The van der Waals surface area contributed by atoms with Crippen LogP contribution in [-0.4, -0.2) is 63.6 Å². The number of methoxy groups -OCH3 is 1. The van der Waals surface area contributed by atoms with Crippen LogP contribution >= 0.6 is 0 Å². The van der Waals surface area contributed by atoms with Gasteiger partial charge >= 0.3 is 12.1 Å². The van der Waals surface area contributed by atoms with Crippen molar-refractivity contribution in [2.45, 2.75) is 25.9 Å². The van der Waals surface area contributed by atoms with Crippen molar-refractivity contribution < 1.29 is 32.2 Å². The number of piperidine rings is 1. The Labute approximate surface area is 169 Å². The second kappa shape index (κ2) is 8.67. The third-order valence-corrected chi connectivity index (χ3v) is 4.72. The minimum Gasteiger partial charge on any atom is -0.480 e. The van der Waals surface area contributed by atoms with Crippen molar-refractivity contribution in [2.24, 2.45) is 5.92 Å². The van der Waals surface area contributed by atoms with Gasteiger partial charge in [-0.05, 0) is 25.8 Å². The van der Waals surface area contributed by atoms with Crippen molar-refractivity contribution >= 4 is 11.9 Å². The van der Waals surface area contributed by atoms with Crippen LogP contribution in [0.1, 0.15) is 35.8 Å². The van der Waals surface area contributed by atoms with E-state index in [1.54, 1.807) is 6.92 Å². The minimum atomic E-state index is -4.85. The van der Waals surface area contributed by atoms with E-state index in [1.807, 2.05) is 0 Å². The quantitative estimate of drug-likeness (QED) is 0.674. The molecule has 0 N–H and O–H groups in total. The Hall–Kier alpha value is -3.18. The lowest BCUT2D eigenvalue weighted by molar-refractivity contribution is -0.149. The SMILES string of the molecule is CCOC(=O)C1CCN(C(=O)c2cnn(-c3ccc(OC)nn3)c2C(F)(F)F)CC1. The van der Waals surface area contributed by atoms with Gasteiger partial charge in [0.1, 0.15) is 0 Å². The number of hydrogen-bond acceptors (Lipinski definition) is 7. The number of nitrogens with zero attached hydrogens (tertiary/aromatic N) is 5. The van der Waals surface area contributed by atoms with E-state index in [2.05, 4.69) is 15.3 Å². The van der Waals surface area contributed by atoms with Crippen LogP contribution in [0.4, 0.5) is 13.2 Å². The number of amides is 1. The van der Waals surface area contributed by atoms with Crippen LogP contribution in [-0.2, 0) is 15.7 Å². The summed E-state index contributed by atoms with van der Waals surface area (Å²) in [7, 11) is 1.35. The van der Waals surface area contributed by atoms with Crippen LogP contribution in [0.15, 0.2) is 18.3 Å². The van der Waals surface area contributed by atoms with E-state index < -0.39 is 23.3 Å². The molecule has 2 aromatic heterocycles. The Morgan fingerprint density at radius 3 is 2.43 bits per heavy atom. The number of ether oxygens (including phenoxy) is 2. The second-order valence-electron chi connectivity index (χ2n) is 6.57. The van der Waals surface area contributed by atoms with Crippen LogP contribution in [0.3, 0.4) is 0 Å². The Kier molecular flexibility index (Phi) is 6.22. The summed E-state index contributed by atoms with van der Waals surface area (Å²) in [6, 6.07) is 2.60. The van der Waals surface area contributed by atoms with Gasteiger partial charge in [0.25, 0.3) is 5.91 Å². The minimum absolute atomic E-state index is 0.125. The molecule has 1 aliphatic rings. The molecule has 1 amide bonds. The molecule has 0 spiro atoms. The average Bonchev–Trinajstić information content (AvgIpc) is 3.19. The lowest BCUT2D eigenvalue weighted by Crippen LogP contribution is -2.41. The van der Waals surface area contributed by atoms with Crippen LogP contribution in [0.5, 0.6) is 5.88 Å². The zero-order valence-electron chi connectivity index (χ0n) is 16.3. The fourth-order valence-electron chi connectivity index (χ4n) is 3.23. The average molecular weight is 427 g/mol. The van der Waals surface area contributed by atoms with Gasteiger partial charge in [-0.2, -0.15) is 18.3 Å². The van der Waals surface area contributed by atoms with Crippen LogP contribution in [0.2, 0.25) is 0 Å². The van der Waals surface area contributed by atoms with Crippen LogP contribution in [0.25, 0.3) is 5.82 Å². The molecule has 1 aliphatic heterocycles. The highest BCUT2D eigenvalue weighted by molar-refractivity contribution is 5.95. The van der Waals surface area contributed by atoms with E-state index in [0.717, 1.165) is 6.20 Å². The number of alkyl halides is 3. The van der Waals surface area contributed by atoms with Gasteiger partial charge in [0, 0.05) is 19.2 Å². The topological polar surface area (TPSA) is 99.4 Å². The fourth-order valence-corrected chi connectivity index (χ4v) is 3.23. The molecule has 1 saturated heterocycles. The highest BCUT2D eigenvalue weighted by Crippen LogP contribution is 2.34. The number of halogens is 3. The molecule has 0 saturated carbocycles. The van der Waals surface area contributed by atoms with Crippen molar-refractivity contribution in [3.05, 3.63) is 29.6 Å². The van der Waals surface area contributed by atoms with Crippen molar-refractivity contribution in [1.82, 2.24) is 24.9 Å². The summed E-state index contributed by atoms with van der Waals surface area (Å²) >= 11 is 0. The van der Waals surface area contributed by atoms with Crippen molar-refractivity contribution in [3.63, 3.8) is 0 Å². The lowest BCUT2D eigenvalue weighted by Gasteiger charge is -2.31. The Morgan fingerprint density at radius 1 is 1.20 bits per heavy atom. The highest BCUT2D eigenvalue weighted by Gasteiger charge is 2.42.